The molecule has 0 aliphatic heterocycles. The van der Waals surface area contributed by atoms with Crippen molar-refractivity contribution in [3.8, 4) is 16.9 Å². The zero-order chi connectivity index (χ0) is 18.6. The van der Waals surface area contributed by atoms with Gasteiger partial charge in [-0.3, -0.25) is 9.59 Å². The number of hydrogen-bond donors (Lipinski definition) is 1. The third kappa shape index (κ3) is 3.99. The van der Waals surface area contributed by atoms with Gasteiger partial charge in [0.25, 0.3) is 0 Å². The van der Waals surface area contributed by atoms with Crippen LogP contribution in [0.2, 0.25) is 0 Å². The fraction of sp³-hybridized carbons (Fsp3) is 0.300. The van der Waals surface area contributed by atoms with Crippen LogP contribution in [0, 0.1) is 5.41 Å². The van der Waals surface area contributed by atoms with Crippen LogP contribution in [0.4, 0.5) is 5.69 Å². The van der Waals surface area contributed by atoms with E-state index in [4.69, 9.17) is 15.2 Å². The van der Waals surface area contributed by atoms with E-state index in [1.807, 2.05) is 18.2 Å². The Morgan fingerprint density at radius 3 is 2.40 bits per heavy atom. The maximum Gasteiger partial charge on any atom is 0.311 e. The van der Waals surface area contributed by atoms with Gasteiger partial charge >= 0.3 is 5.97 Å². The summed E-state index contributed by atoms with van der Waals surface area (Å²) in [6.07, 6.45) is 0.0583. The van der Waals surface area contributed by atoms with E-state index in [0.29, 0.717) is 17.0 Å². The summed E-state index contributed by atoms with van der Waals surface area (Å²) in [5.74, 6) is 0.0175. The average Bonchev–Trinajstić information content (AvgIpc) is 2.61. The number of ketones is 1. The second-order valence-corrected chi connectivity index (χ2v) is 6.48. The largest absolute Gasteiger partial charge is 0.495 e. The summed E-state index contributed by atoms with van der Waals surface area (Å²) >= 11 is 0. The third-order valence-electron chi connectivity index (χ3n) is 4.11. The molecule has 2 aromatic carbocycles. The molecule has 2 aromatic rings. The van der Waals surface area contributed by atoms with E-state index in [-0.39, 0.29) is 12.2 Å². The van der Waals surface area contributed by atoms with E-state index in [1.54, 1.807) is 45.2 Å². The molecule has 0 heterocycles. The van der Waals surface area contributed by atoms with Gasteiger partial charge in [0.05, 0.1) is 25.3 Å². The Morgan fingerprint density at radius 1 is 1.08 bits per heavy atom. The van der Waals surface area contributed by atoms with Gasteiger partial charge in [0, 0.05) is 12.0 Å². The first kappa shape index (κ1) is 18.5. The molecule has 0 aromatic heterocycles. The zero-order valence-corrected chi connectivity index (χ0v) is 15.0. The van der Waals surface area contributed by atoms with Crippen LogP contribution in [0.3, 0.4) is 0 Å². The lowest BCUT2D eigenvalue weighted by atomic mass is 9.84. The monoisotopic (exact) mass is 341 g/mol. The van der Waals surface area contributed by atoms with Crippen molar-refractivity contribution in [3.63, 3.8) is 0 Å². The summed E-state index contributed by atoms with van der Waals surface area (Å²) in [5.41, 5.74) is 7.65. The van der Waals surface area contributed by atoms with E-state index in [1.165, 1.54) is 7.11 Å². The van der Waals surface area contributed by atoms with Crippen molar-refractivity contribution >= 4 is 17.4 Å². The molecule has 0 saturated heterocycles. The van der Waals surface area contributed by atoms with Crippen LogP contribution in [-0.2, 0) is 9.53 Å². The minimum Gasteiger partial charge on any atom is -0.495 e. The highest BCUT2D eigenvalue weighted by Crippen LogP contribution is 2.33. The minimum atomic E-state index is -0.891. The highest BCUT2D eigenvalue weighted by atomic mass is 16.5. The molecule has 0 radical (unpaired) electrons. The normalized spacial score (nSPS) is 11.0. The van der Waals surface area contributed by atoms with E-state index < -0.39 is 11.4 Å². The Hall–Kier alpha value is -2.82. The van der Waals surface area contributed by atoms with Gasteiger partial charge in [-0.1, -0.05) is 30.3 Å². The number of rotatable bonds is 6. The van der Waals surface area contributed by atoms with Gasteiger partial charge in [-0.05, 0) is 37.1 Å². The van der Waals surface area contributed by atoms with E-state index in [0.717, 1.165) is 11.1 Å². The minimum absolute atomic E-state index is 0.0583. The molecule has 0 aliphatic carbocycles. The van der Waals surface area contributed by atoms with Gasteiger partial charge in [0.1, 0.15) is 5.75 Å². The standard InChI is InChI=1S/C20H23NO4/c1-20(2,19(23)25-4)12-17(22)15-8-6-5-7-14(15)13-9-10-16(21)18(11-13)24-3/h5-11H,12,21H2,1-4H3. The molecular formula is C20H23NO4. The van der Waals surface area contributed by atoms with Gasteiger partial charge in [0.2, 0.25) is 0 Å². The van der Waals surface area contributed by atoms with Gasteiger partial charge in [-0.25, -0.2) is 0 Å². The van der Waals surface area contributed by atoms with E-state index in [9.17, 15) is 9.59 Å². The lowest BCUT2D eigenvalue weighted by molar-refractivity contribution is -0.150. The molecular weight excluding hydrogens is 318 g/mol. The molecule has 5 heteroatoms. The third-order valence-corrected chi connectivity index (χ3v) is 4.11. The number of anilines is 1. The molecule has 0 spiro atoms. The number of carbonyl (C=O) groups is 2. The van der Waals surface area contributed by atoms with Crippen LogP contribution >= 0.6 is 0 Å². The summed E-state index contributed by atoms with van der Waals surface area (Å²) < 4.78 is 10.1. The molecule has 0 saturated carbocycles. The summed E-state index contributed by atoms with van der Waals surface area (Å²) in [4.78, 5) is 24.7. The maximum atomic E-state index is 12.8. The van der Waals surface area contributed by atoms with Gasteiger partial charge in [-0.15, -0.1) is 0 Å². The number of nitrogens with two attached hydrogens (primary N) is 1. The highest BCUT2D eigenvalue weighted by Gasteiger charge is 2.32. The van der Waals surface area contributed by atoms with Crippen LogP contribution in [0.25, 0.3) is 11.1 Å². The van der Waals surface area contributed by atoms with Crippen molar-refractivity contribution < 1.29 is 19.1 Å². The second-order valence-electron chi connectivity index (χ2n) is 6.48. The Kier molecular flexibility index (Phi) is 5.47. The predicted molar refractivity (Wildman–Crippen MR) is 97.6 cm³/mol. The smallest absolute Gasteiger partial charge is 0.311 e. The lowest BCUT2D eigenvalue weighted by Crippen LogP contribution is -2.28. The first-order chi connectivity index (χ1) is 11.8. The zero-order valence-electron chi connectivity index (χ0n) is 15.0. The number of benzene rings is 2. The number of carbonyl (C=O) groups excluding carboxylic acids is 2. The quantitative estimate of drug-likeness (QED) is 0.492. The molecule has 0 amide bonds. The lowest BCUT2D eigenvalue weighted by Gasteiger charge is -2.21. The Morgan fingerprint density at radius 2 is 1.76 bits per heavy atom. The summed E-state index contributed by atoms with van der Waals surface area (Å²) in [7, 11) is 2.87. The molecule has 5 nitrogen and oxygen atoms in total. The van der Waals surface area contributed by atoms with Crippen molar-refractivity contribution in [2.24, 2.45) is 5.41 Å². The van der Waals surface area contributed by atoms with Crippen molar-refractivity contribution in [2.75, 3.05) is 20.0 Å². The highest BCUT2D eigenvalue weighted by molar-refractivity contribution is 6.04. The fourth-order valence-corrected chi connectivity index (χ4v) is 2.70. The number of hydrogen-bond acceptors (Lipinski definition) is 5. The molecule has 25 heavy (non-hydrogen) atoms. The SMILES string of the molecule is COC(=O)C(C)(C)CC(=O)c1ccccc1-c1ccc(N)c(OC)c1. The molecule has 0 aliphatic rings. The first-order valence-electron chi connectivity index (χ1n) is 7.94. The number of methoxy groups -OCH3 is 2. The van der Waals surface area contributed by atoms with Crippen LogP contribution in [0.1, 0.15) is 30.6 Å². The van der Waals surface area contributed by atoms with Crippen LogP contribution in [0.15, 0.2) is 42.5 Å². The van der Waals surface area contributed by atoms with Crippen LogP contribution in [0.5, 0.6) is 5.75 Å². The van der Waals surface area contributed by atoms with Gasteiger partial charge in [-0.2, -0.15) is 0 Å². The molecule has 0 unspecified atom stereocenters. The Bertz CT molecular complexity index is 796. The summed E-state index contributed by atoms with van der Waals surface area (Å²) in [6.45, 7) is 3.40. The Labute approximate surface area is 147 Å². The summed E-state index contributed by atoms with van der Waals surface area (Å²) in [5, 5.41) is 0. The van der Waals surface area contributed by atoms with Crippen molar-refractivity contribution in [2.45, 2.75) is 20.3 Å². The molecule has 2 N–H and O–H groups in total. The molecule has 0 bridgehead atoms. The summed E-state index contributed by atoms with van der Waals surface area (Å²) in [6, 6.07) is 12.7. The van der Waals surface area contributed by atoms with Crippen LogP contribution in [-0.4, -0.2) is 26.0 Å². The van der Waals surface area contributed by atoms with Gasteiger partial charge in [0.15, 0.2) is 5.78 Å². The number of Topliss-reactive ketones (excluding diaryl/α,β-unsaturated/α-hetero) is 1. The molecule has 0 atom stereocenters. The van der Waals surface area contributed by atoms with Gasteiger partial charge < -0.3 is 15.2 Å². The number of nitrogen functional groups attached to an aromatic ring is 1. The molecule has 2 rings (SSSR count). The van der Waals surface area contributed by atoms with Crippen LogP contribution < -0.4 is 10.5 Å². The maximum absolute atomic E-state index is 12.8. The number of esters is 1. The first-order valence-corrected chi connectivity index (χ1v) is 7.94. The van der Waals surface area contributed by atoms with Crippen molar-refractivity contribution in [1.29, 1.82) is 0 Å². The second kappa shape index (κ2) is 7.38. The molecule has 0 fully saturated rings. The van der Waals surface area contributed by atoms with Crippen molar-refractivity contribution in [1.82, 2.24) is 0 Å². The average molecular weight is 341 g/mol. The van der Waals surface area contributed by atoms with E-state index >= 15 is 0 Å². The van der Waals surface area contributed by atoms with Crippen molar-refractivity contribution in [3.05, 3.63) is 48.0 Å². The topological polar surface area (TPSA) is 78.6 Å². The fourth-order valence-electron chi connectivity index (χ4n) is 2.70. The van der Waals surface area contributed by atoms with E-state index in [2.05, 4.69) is 0 Å². The number of ether oxygens (including phenoxy) is 2. The molecule has 132 valence electrons. The Balaban J connectivity index is 2.41. The predicted octanol–water partition coefficient (Wildman–Crippen LogP) is 3.72.